The topological polar surface area (TPSA) is 237 Å². The van der Waals surface area contributed by atoms with Crippen molar-refractivity contribution in [2.45, 2.75) is 464 Å². The van der Waals surface area contributed by atoms with Crippen molar-refractivity contribution in [1.82, 2.24) is 0 Å². The van der Waals surface area contributed by atoms with Crippen LogP contribution in [0.5, 0.6) is 0 Å². The maximum absolute atomic E-state index is 13.1. The van der Waals surface area contributed by atoms with Gasteiger partial charge in [-0.05, 0) is 31.6 Å². The first-order chi connectivity index (χ1) is 49.5. The second-order valence-corrected chi connectivity index (χ2v) is 33.3. The molecule has 0 aromatic heterocycles. The van der Waals surface area contributed by atoms with Crippen LogP contribution in [-0.2, 0) is 65.4 Å². The van der Waals surface area contributed by atoms with E-state index in [0.717, 1.165) is 95.8 Å². The summed E-state index contributed by atoms with van der Waals surface area (Å²) in [7, 11) is -9.92. The largest absolute Gasteiger partial charge is 0.472 e. The van der Waals surface area contributed by atoms with Gasteiger partial charge in [-0.3, -0.25) is 37.3 Å². The number of rotatable bonds is 83. The number of carbonyl (C=O) groups is 4. The molecule has 0 fully saturated rings. The van der Waals surface area contributed by atoms with Crippen molar-refractivity contribution in [3.63, 3.8) is 0 Å². The Morgan fingerprint density at radius 2 is 0.451 bits per heavy atom. The van der Waals surface area contributed by atoms with Gasteiger partial charge in [0.2, 0.25) is 0 Å². The fourth-order valence-corrected chi connectivity index (χ4v) is 14.5. The van der Waals surface area contributed by atoms with Crippen LogP contribution in [0.25, 0.3) is 0 Å². The minimum atomic E-state index is -4.96. The molecular weight excluding hydrogens is 1330 g/mol. The van der Waals surface area contributed by atoms with Gasteiger partial charge in [0.25, 0.3) is 0 Å². The number of aliphatic hydroxyl groups is 1. The van der Waals surface area contributed by atoms with E-state index in [0.29, 0.717) is 25.7 Å². The van der Waals surface area contributed by atoms with Crippen LogP contribution in [-0.4, -0.2) is 96.7 Å². The molecule has 0 aliphatic carbocycles. The van der Waals surface area contributed by atoms with Gasteiger partial charge in [-0.2, -0.15) is 0 Å². The Labute approximate surface area is 626 Å². The van der Waals surface area contributed by atoms with Crippen molar-refractivity contribution in [3.05, 3.63) is 0 Å². The van der Waals surface area contributed by atoms with E-state index in [1.165, 1.54) is 270 Å². The summed E-state index contributed by atoms with van der Waals surface area (Å²) >= 11 is 0. The summed E-state index contributed by atoms with van der Waals surface area (Å²) < 4.78 is 68.8. The molecule has 0 spiro atoms. The summed E-state index contributed by atoms with van der Waals surface area (Å²) in [6.45, 7) is 7.37. The molecule has 0 bridgehead atoms. The quantitative estimate of drug-likeness (QED) is 0.0222. The van der Waals surface area contributed by atoms with E-state index in [1.807, 2.05) is 0 Å². The molecule has 0 aliphatic heterocycles. The third-order valence-corrected chi connectivity index (χ3v) is 21.4. The SMILES string of the molecule is CCCCCCCCCCCCCCCCCCCCCC(=O)OC[C@H](COP(=O)(O)OC[C@@H](O)COP(=O)(O)OC[C@@H](COC(=O)CCCCCCCCCCCCC)OC(=O)CCCCCCCCCCCCCCC)OC(=O)CCCCCCCCCCCCCCCCCCC(C)C. The number of carbonyl (C=O) groups excluding carboxylic acids is 4. The maximum atomic E-state index is 13.1. The molecule has 0 rings (SSSR count). The monoisotopic (exact) mass is 1490 g/mol. The number of aliphatic hydroxyl groups excluding tert-OH is 1. The number of ether oxygens (including phenoxy) is 4. The first-order valence-corrected chi connectivity index (χ1v) is 46.1. The summed E-state index contributed by atoms with van der Waals surface area (Å²) in [5, 5.41) is 10.7. The van der Waals surface area contributed by atoms with E-state index < -0.39 is 97.5 Å². The second-order valence-electron chi connectivity index (χ2n) is 30.3. The predicted octanol–water partition coefficient (Wildman–Crippen LogP) is 25.2. The van der Waals surface area contributed by atoms with Gasteiger partial charge in [0.1, 0.15) is 19.3 Å². The Morgan fingerprint density at radius 1 is 0.265 bits per heavy atom. The van der Waals surface area contributed by atoms with Crippen molar-refractivity contribution in [2.75, 3.05) is 39.6 Å². The van der Waals surface area contributed by atoms with Gasteiger partial charge in [0, 0.05) is 25.7 Å². The molecule has 606 valence electrons. The lowest BCUT2D eigenvalue weighted by Crippen LogP contribution is -2.30. The van der Waals surface area contributed by atoms with Crippen LogP contribution in [0, 0.1) is 5.92 Å². The minimum absolute atomic E-state index is 0.108. The lowest BCUT2D eigenvalue weighted by Gasteiger charge is -2.21. The van der Waals surface area contributed by atoms with Crippen LogP contribution in [0.3, 0.4) is 0 Å². The summed E-state index contributed by atoms with van der Waals surface area (Å²) in [6.07, 6.45) is 67.9. The van der Waals surface area contributed by atoms with Crippen molar-refractivity contribution in [2.24, 2.45) is 5.92 Å². The molecule has 102 heavy (non-hydrogen) atoms. The highest BCUT2D eigenvalue weighted by Crippen LogP contribution is 2.45. The van der Waals surface area contributed by atoms with Crippen LogP contribution in [0.4, 0.5) is 0 Å². The zero-order valence-corrected chi connectivity index (χ0v) is 68.5. The van der Waals surface area contributed by atoms with E-state index in [4.69, 9.17) is 37.0 Å². The van der Waals surface area contributed by atoms with E-state index in [9.17, 15) is 43.2 Å². The van der Waals surface area contributed by atoms with E-state index in [-0.39, 0.29) is 25.7 Å². The molecule has 3 N–H and O–H groups in total. The van der Waals surface area contributed by atoms with Gasteiger partial charge in [0.05, 0.1) is 26.4 Å². The highest BCUT2D eigenvalue weighted by atomic mass is 31.2. The summed E-state index contributed by atoms with van der Waals surface area (Å²) in [6, 6.07) is 0. The third kappa shape index (κ3) is 76.3. The smallest absolute Gasteiger partial charge is 0.462 e. The Kier molecular flexibility index (Phi) is 74.4. The highest BCUT2D eigenvalue weighted by Gasteiger charge is 2.30. The zero-order chi connectivity index (χ0) is 74.8. The Balaban J connectivity index is 5.23. The number of unbranched alkanes of at least 4 members (excludes halogenated alkanes) is 55. The number of hydrogen-bond acceptors (Lipinski definition) is 15. The van der Waals surface area contributed by atoms with Crippen LogP contribution in [0.1, 0.15) is 446 Å². The summed E-state index contributed by atoms with van der Waals surface area (Å²) in [4.78, 5) is 73.1. The van der Waals surface area contributed by atoms with E-state index in [2.05, 4.69) is 34.6 Å². The van der Waals surface area contributed by atoms with Crippen molar-refractivity contribution in [1.29, 1.82) is 0 Å². The van der Waals surface area contributed by atoms with Crippen LogP contribution < -0.4 is 0 Å². The van der Waals surface area contributed by atoms with Crippen molar-refractivity contribution in [3.8, 4) is 0 Å². The lowest BCUT2D eigenvalue weighted by molar-refractivity contribution is -0.161. The second kappa shape index (κ2) is 75.9. The molecule has 0 aromatic carbocycles. The molecular formula is C83H162O17P2. The maximum Gasteiger partial charge on any atom is 0.472 e. The van der Waals surface area contributed by atoms with E-state index >= 15 is 0 Å². The molecule has 2 unspecified atom stereocenters. The molecule has 0 saturated carbocycles. The molecule has 5 atom stereocenters. The lowest BCUT2D eigenvalue weighted by atomic mass is 10.0. The normalized spacial score (nSPS) is 13.8. The van der Waals surface area contributed by atoms with Gasteiger partial charge < -0.3 is 33.8 Å². The summed E-state index contributed by atoms with van der Waals surface area (Å²) in [5.41, 5.74) is 0. The van der Waals surface area contributed by atoms with Crippen LogP contribution >= 0.6 is 15.6 Å². The molecule has 0 saturated heterocycles. The van der Waals surface area contributed by atoms with Gasteiger partial charge in [-0.1, -0.05) is 394 Å². The van der Waals surface area contributed by atoms with Crippen molar-refractivity contribution < 1.29 is 80.2 Å². The molecule has 0 heterocycles. The molecule has 0 radical (unpaired) electrons. The van der Waals surface area contributed by atoms with Gasteiger partial charge in [-0.15, -0.1) is 0 Å². The Hall–Kier alpha value is -1.94. The fourth-order valence-electron chi connectivity index (χ4n) is 12.9. The van der Waals surface area contributed by atoms with Crippen LogP contribution in [0.2, 0.25) is 0 Å². The van der Waals surface area contributed by atoms with Crippen molar-refractivity contribution >= 4 is 39.5 Å². The molecule has 19 heteroatoms. The zero-order valence-electron chi connectivity index (χ0n) is 66.8. The first kappa shape index (κ1) is 100. The highest BCUT2D eigenvalue weighted by molar-refractivity contribution is 7.47. The standard InChI is InChI=1S/C83H162O17P2/c1-6-9-12-15-18-21-24-26-27-28-29-30-34-38-42-47-52-57-62-67-81(86)94-73-79(100-83(88)69-64-59-54-49-44-39-35-32-31-33-37-41-45-50-55-60-65-76(4)5)75-98-102(91,92)96-71-77(84)70-95-101(89,90)97-74-78(72-93-80(85)66-61-56-51-46-40-23-20-17-14-11-8-3)99-82(87)68-63-58-53-48-43-36-25-22-19-16-13-10-7-2/h76-79,84H,6-75H2,1-5H3,(H,89,90)(H,91,92)/t77-,78+,79+/m0/s1. The predicted molar refractivity (Wildman–Crippen MR) is 418 cm³/mol. The number of hydrogen-bond donors (Lipinski definition) is 3. The first-order valence-electron chi connectivity index (χ1n) is 43.1. The molecule has 0 aliphatic rings. The van der Waals surface area contributed by atoms with E-state index in [1.54, 1.807) is 0 Å². The van der Waals surface area contributed by atoms with Crippen LogP contribution in [0.15, 0.2) is 0 Å². The Morgan fingerprint density at radius 3 is 0.667 bits per heavy atom. The number of esters is 4. The molecule has 0 amide bonds. The molecule has 0 aromatic rings. The molecule has 17 nitrogen and oxygen atoms in total. The fraction of sp³-hybridized carbons (Fsp3) is 0.952. The van der Waals surface area contributed by atoms with Gasteiger partial charge >= 0.3 is 39.5 Å². The average Bonchev–Trinajstić information content (AvgIpc) is 0.914. The number of phosphoric ester groups is 2. The Bertz CT molecular complexity index is 1940. The van der Waals surface area contributed by atoms with Gasteiger partial charge in [-0.25, -0.2) is 9.13 Å². The number of phosphoric acid groups is 2. The van der Waals surface area contributed by atoms with Gasteiger partial charge in [0.15, 0.2) is 12.2 Å². The average molecular weight is 1490 g/mol. The minimum Gasteiger partial charge on any atom is -0.462 e. The third-order valence-electron chi connectivity index (χ3n) is 19.5. The summed E-state index contributed by atoms with van der Waals surface area (Å²) in [5.74, 6) is -1.29.